The minimum Gasteiger partial charge on any atom is -0.462 e. The Kier molecular flexibility index (Phi) is 12.1. The second-order valence-electron chi connectivity index (χ2n) is 10.3. The average Bonchev–Trinajstić information content (AvgIpc) is 2.84. The fraction of sp³-hybridized carbons (Fsp3) is 0.889. The van der Waals surface area contributed by atoms with Crippen LogP contribution in [-0.4, -0.2) is 79.9 Å². The summed E-state index contributed by atoms with van der Waals surface area (Å²) in [6.45, 7) is 7.50. The number of carbonyl (C=O) groups excluding carboxylic acids is 1. The number of hydrogen-bond acceptors (Lipinski definition) is 8. The van der Waals surface area contributed by atoms with Gasteiger partial charge in [-0.1, -0.05) is 52.2 Å². The number of aliphatic hydroxyl groups is 2. The third kappa shape index (κ3) is 7.27. The zero-order valence-corrected chi connectivity index (χ0v) is 22.6. The maximum atomic E-state index is 13.2. The maximum Gasteiger partial charge on any atom is 0.314 e. The summed E-state index contributed by atoms with van der Waals surface area (Å²) in [5.41, 5.74) is 0. The molecule has 2 rings (SSSR count). The summed E-state index contributed by atoms with van der Waals surface area (Å²) in [5, 5.41) is 22.8. The number of esters is 1. The monoisotopic (exact) mass is 500 g/mol. The van der Waals surface area contributed by atoms with Crippen LogP contribution in [0.4, 0.5) is 0 Å². The zero-order chi connectivity index (χ0) is 26.2. The van der Waals surface area contributed by atoms with Crippen LogP contribution in [0.3, 0.4) is 0 Å². The molecule has 2 aliphatic rings. The third-order valence-corrected chi connectivity index (χ3v) is 7.82. The molecule has 0 radical (unpaired) electrons. The second-order valence-corrected chi connectivity index (χ2v) is 10.3. The average molecular weight is 501 g/mol. The number of methoxy groups -OCH3 is 3. The summed E-state index contributed by atoms with van der Waals surface area (Å²) in [5.74, 6) is -4.16. The Bertz CT molecular complexity index is 670. The highest BCUT2D eigenvalue weighted by Crippen LogP contribution is 2.41. The molecule has 1 unspecified atom stereocenters. The molecule has 8 nitrogen and oxygen atoms in total. The first-order chi connectivity index (χ1) is 16.6. The van der Waals surface area contributed by atoms with Gasteiger partial charge >= 0.3 is 5.97 Å². The van der Waals surface area contributed by atoms with Crippen molar-refractivity contribution in [3.8, 4) is 0 Å². The Morgan fingerprint density at radius 1 is 1.06 bits per heavy atom. The van der Waals surface area contributed by atoms with Crippen molar-refractivity contribution in [3.63, 3.8) is 0 Å². The van der Waals surface area contributed by atoms with Gasteiger partial charge in [-0.25, -0.2) is 0 Å². The van der Waals surface area contributed by atoms with E-state index >= 15 is 0 Å². The van der Waals surface area contributed by atoms with Gasteiger partial charge < -0.3 is 33.9 Å². The van der Waals surface area contributed by atoms with Gasteiger partial charge in [-0.05, 0) is 32.6 Å². The first kappa shape index (κ1) is 30.2. The lowest BCUT2D eigenvalue weighted by molar-refractivity contribution is -0.360. The Morgan fingerprint density at radius 2 is 1.74 bits per heavy atom. The van der Waals surface area contributed by atoms with Gasteiger partial charge in [0.25, 0.3) is 0 Å². The van der Waals surface area contributed by atoms with Crippen molar-refractivity contribution in [1.29, 1.82) is 0 Å². The molecule has 8 heteroatoms. The zero-order valence-electron chi connectivity index (χ0n) is 22.6. The number of aliphatic hydroxyl groups excluding tert-OH is 1. The molecule has 204 valence electrons. The van der Waals surface area contributed by atoms with E-state index in [-0.39, 0.29) is 30.1 Å². The minimum atomic E-state index is -2.04. The molecule has 0 aliphatic carbocycles. The van der Waals surface area contributed by atoms with Crippen LogP contribution in [0.5, 0.6) is 0 Å². The highest BCUT2D eigenvalue weighted by Gasteiger charge is 2.58. The van der Waals surface area contributed by atoms with E-state index in [0.29, 0.717) is 0 Å². The van der Waals surface area contributed by atoms with E-state index in [0.717, 1.165) is 44.9 Å². The number of carbonyl (C=O) groups is 1. The highest BCUT2D eigenvalue weighted by molar-refractivity contribution is 5.73. The molecule has 0 aromatic heterocycles. The normalized spacial score (nSPS) is 42.9. The number of hydrogen-bond donors (Lipinski definition) is 2. The number of unbranched alkanes of at least 4 members (excludes halogenated alkanes) is 1. The summed E-state index contributed by atoms with van der Waals surface area (Å²) in [7, 11) is 4.76. The second kappa shape index (κ2) is 14.1. The molecule has 35 heavy (non-hydrogen) atoms. The molecule has 0 saturated carbocycles. The topological polar surface area (TPSA) is 104 Å². The van der Waals surface area contributed by atoms with E-state index in [2.05, 4.69) is 6.92 Å². The van der Waals surface area contributed by atoms with Gasteiger partial charge in [-0.2, -0.15) is 0 Å². The Morgan fingerprint density at radius 3 is 2.34 bits per heavy atom. The molecule has 2 bridgehead atoms. The van der Waals surface area contributed by atoms with Crippen LogP contribution >= 0.6 is 0 Å². The molecule has 0 spiro atoms. The van der Waals surface area contributed by atoms with Crippen LogP contribution in [0.15, 0.2) is 12.2 Å². The predicted molar refractivity (Wildman–Crippen MR) is 133 cm³/mol. The van der Waals surface area contributed by atoms with Gasteiger partial charge in [0.15, 0.2) is 0 Å². The fourth-order valence-electron chi connectivity index (χ4n) is 5.36. The van der Waals surface area contributed by atoms with Gasteiger partial charge in [0.05, 0.1) is 18.3 Å². The molecule has 1 fully saturated rings. The largest absolute Gasteiger partial charge is 0.462 e. The van der Waals surface area contributed by atoms with Crippen molar-refractivity contribution < 1.29 is 38.7 Å². The minimum absolute atomic E-state index is 0.113. The number of ether oxygens (including phenoxy) is 5. The lowest BCUT2D eigenvalue weighted by Crippen LogP contribution is -2.67. The van der Waals surface area contributed by atoms with Crippen molar-refractivity contribution in [2.75, 3.05) is 21.3 Å². The highest BCUT2D eigenvalue weighted by atomic mass is 16.7. The van der Waals surface area contributed by atoms with E-state index in [1.807, 2.05) is 26.0 Å². The molecule has 2 N–H and O–H groups in total. The lowest BCUT2D eigenvalue weighted by Gasteiger charge is -2.51. The van der Waals surface area contributed by atoms with Crippen LogP contribution in [0.2, 0.25) is 0 Å². The van der Waals surface area contributed by atoms with Crippen LogP contribution in [0.1, 0.15) is 72.6 Å². The molecule has 0 aromatic rings. The fourth-order valence-corrected chi connectivity index (χ4v) is 5.36. The van der Waals surface area contributed by atoms with Crippen molar-refractivity contribution in [3.05, 3.63) is 12.2 Å². The molecular formula is C27H48O8. The number of rotatable bonds is 6. The van der Waals surface area contributed by atoms with E-state index in [1.54, 1.807) is 21.1 Å². The molecule has 2 heterocycles. The maximum absolute atomic E-state index is 13.2. The summed E-state index contributed by atoms with van der Waals surface area (Å²) in [6, 6.07) is 0. The summed E-state index contributed by atoms with van der Waals surface area (Å²) >= 11 is 0. The van der Waals surface area contributed by atoms with Gasteiger partial charge in [0.2, 0.25) is 5.79 Å². The Labute approximate surface area is 211 Å². The van der Waals surface area contributed by atoms with Crippen LogP contribution in [-0.2, 0) is 28.5 Å². The van der Waals surface area contributed by atoms with Crippen molar-refractivity contribution in [2.24, 2.45) is 17.8 Å². The standard InChI is InChI=1S/C27H48O8/c1-8-9-12-20-13-10-11-14-21(31-5)22(32-6)16-15-17(2)24-18(3)23(28)25(33-7)27(30,35-24)19(4)26(29)34-20/h15-25,28,30H,8-14H2,1-7H3/b16-15+/t17-,18-,19+,20+,21?,22+,23+,24-,25+,27+/m0/s1. The molecule has 10 atom stereocenters. The van der Waals surface area contributed by atoms with Crippen molar-refractivity contribution in [2.45, 2.75) is 115 Å². The van der Waals surface area contributed by atoms with Crippen molar-refractivity contribution >= 4 is 5.97 Å². The van der Waals surface area contributed by atoms with E-state index in [4.69, 9.17) is 23.7 Å². The molecule has 1 saturated heterocycles. The smallest absolute Gasteiger partial charge is 0.314 e. The molecular weight excluding hydrogens is 452 g/mol. The third-order valence-electron chi connectivity index (χ3n) is 7.82. The van der Waals surface area contributed by atoms with Crippen molar-refractivity contribution in [1.82, 2.24) is 0 Å². The Balaban J connectivity index is 2.44. The van der Waals surface area contributed by atoms with Gasteiger partial charge in [-0.15, -0.1) is 0 Å². The molecule has 2 aliphatic heterocycles. The number of cyclic esters (lactones) is 1. The Hall–Kier alpha value is -1.03. The summed E-state index contributed by atoms with van der Waals surface area (Å²) in [6.07, 6.45) is 6.72. The van der Waals surface area contributed by atoms with Gasteiger partial charge in [0, 0.05) is 33.2 Å². The van der Waals surface area contributed by atoms with Crippen LogP contribution < -0.4 is 0 Å². The molecule has 0 amide bonds. The first-order valence-electron chi connectivity index (χ1n) is 13.2. The van der Waals surface area contributed by atoms with Gasteiger partial charge in [-0.3, -0.25) is 4.79 Å². The first-order valence-corrected chi connectivity index (χ1v) is 13.2. The SMILES string of the molecule is CCCC[C@@H]1CCCCC(OC)[C@H](OC)/C=C/[C@H](C)[C@@H]2O[C@](O)([C@H](C)C(=O)O1)[C@H](OC)[C@H](O)[C@@H]2C. The van der Waals surface area contributed by atoms with E-state index in [9.17, 15) is 15.0 Å². The van der Waals surface area contributed by atoms with Crippen LogP contribution in [0, 0.1) is 17.8 Å². The summed E-state index contributed by atoms with van der Waals surface area (Å²) in [4.78, 5) is 13.2. The van der Waals surface area contributed by atoms with Gasteiger partial charge in [0.1, 0.15) is 24.2 Å². The van der Waals surface area contributed by atoms with E-state index in [1.165, 1.54) is 7.11 Å². The van der Waals surface area contributed by atoms with Crippen LogP contribution in [0.25, 0.3) is 0 Å². The molecule has 0 aromatic carbocycles. The lowest BCUT2D eigenvalue weighted by atomic mass is 9.78. The number of fused-ring (bicyclic) bond motifs is 2. The predicted octanol–water partition coefficient (Wildman–Crippen LogP) is 3.62. The van der Waals surface area contributed by atoms with E-state index < -0.39 is 36.0 Å². The summed E-state index contributed by atoms with van der Waals surface area (Å²) < 4.78 is 29.1. The quantitative estimate of drug-likeness (QED) is 0.421.